The lowest BCUT2D eigenvalue weighted by Gasteiger charge is -2.29. The molecule has 2 aromatic carbocycles. The van der Waals surface area contributed by atoms with Crippen LogP contribution in [0.5, 0.6) is 0 Å². The number of carbonyl (C=O) groups excluding carboxylic acids is 1. The lowest BCUT2D eigenvalue weighted by atomic mass is 10.1. The van der Waals surface area contributed by atoms with Gasteiger partial charge in [-0.3, -0.25) is 14.9 Å². The molecule has 0 aliphatic carbocycles. The first-order valence-corrected chi connectivity index (χ1v) is 8.33. The summed E-state index contributed by atoms with van der Waals surface area (Å²) in [5, 5.41) is 14.0. The molecule has 132 valence electrons. The Morgan fingerprint density at radius 1 is 1.16 bits per heavy atom. The molecule has 1 unspecified atom stereocenters. The molecule has 0 radical (unpaired) electrons. The Balaban J connectivity index is 2.08. The third-order valence-electron chi connectivity index (χ3n) is 4.17. The summed E-state index contributed by atoms with van der Waals surface area (Å²) in [6, 6.07) is 16.2. The molecule has 0 bridgehead atoms. The van der Waals surface area contributed by atoms with Crippen LogP contribution in [-0.4, -0.2) is 28.3 Å². The van der Waals surface area contributed by atoms with Gasteiger partial charge in [-0.05, 0) is 25.0 Å². The summed E-state index contributed by atoms with van der Waals surface area (Å²) in [6.45, 7) is 4.58. The van der Waals surface area contributed by atoms with Crippen LogP contribution in [0.15, 0.2) is 54.6 Å². The minimum absolute atomic E-state index is 0.0159. The summed E-state index contributed by atoms with van der Waals surface area (Å²) in [4.78, 5) is 25.1. The molecule has 0 saturated heterocycles. The second-order valence-electron chi connectivity index (χ2n) is 5.89. The molecule has 0 aliphatic rings. The Morgan fingerprint density at radius 2 is 1.80 bits per heavy atom. The minimum atomic E-state index is -0.455. The van der Waals surface area contributed by atoms with E-state index in [9.17, 15) is 14.9 Å². The van der Waals surface area contributed by atoms with E-state index in [2.05, 4.69) is 5.32 Å². The Kier molecular flexibility index (Phi) is 6.51. The number of amides is 1. The highest BCUT2D eigenvalue weighted by molar-refractivity contribution is 5.82. The first-order chi connectivity index (χ1) is 12.0. The van der Waals surface area contributed by atoms with Gasteiger partial charge in [-0.2, -0.15) is 0 Å². The van der Waals surface area contributed by atoms with Gasteiger partial charge in [0, 0.05) is 18.7 Å². The molecular formula is C19H23N3O3. The van der Waals surface area contributed by atoms with Gasteiger partial charge in [0.15, 0.2) is 0 Å². The smallest absolute Gasteiger partial charge is 0.292 e. The van der Waals surface area contributed by atoms with Crippen molar-refractivity contribution in [1.82, 2.24) is 4.90 Å². The zero-order valence-corrected chi connectivity index (χ0v) is 14.5. The zero-order valence-electron chi connectivity index (χ0n) is 14.5. The molecule has 1 N–H and O–H groups in total. The fourth-order valence-electron chi connectivity index (χ4n) is 2.55. The van der Waals surface area contributed by atoms with Crippen molar-refractivity contribution in [3.63, 3.8) is 0 Å². The van der Waals surface area contributed by atoms with Crippen LogP contribution >= 0.6 is 0 Å². The van der Waals surface area contributed by atoms with E-state index in [4.69, 9.17) is 0 Å². The highest BCUT2D eigenvalue weighted by Gasteiger charge is 2.20. The molecule has 6 nitrogen and oxygen atoms in total. The lowest BCUT2D eigenvalue weighted by molar-refractivity contribution is -0.383. The largest absolute Gasteiger partial charge is 0.371 e. The molecule has 0 spiro atoms. The maximum atomic E-state index is 12.7. The molecule has 0 aromatic heterocycles. The SMILES string of the molecule is CCC(C)N(Cc1ccccc1)C(=O)CNc1ccccc1[N+](=O)[O-]. The van der Waals surface area contributed by atoms with Crippen molar-refractivity contribution in [3.05, 3.63) is 70.3 Å². The number of rotatable bonds is 8. The van der Waals surface area contributed by atoms with Crippen LogP contribution in [0.2, 0.25) is 0 Å². The summed E-state index contributed by atoms with van der Waals surface area (Å²) < 4.78 is 0. The predicted molar refractivity (Wildman–Crippen MR) is 98.3 cm³/mol. The van der Waals surface area contributed by atoms with E-state index < -0.39 is 4.92 Å². The number of nitrogens with zero attached hydrogens (tertiary/aromatic N) is 2. The van der Waals surface area contributed by atoms with E-state index in [1.54, 1.807) is 23.1 Å². The molecule has 0 saturated carbocycles. The van der Waals surface area contributed by atoms with Gasteiger partial charge in [-0.25, -0.2) is 0 Å². The van der Waals surface area contributed by atoms with Crippen LogP contribution in [0.25, 0.3) is 0 Å². The zero-order chi connectivity index (χ0) is 18.2. The van der Waals surface area contributed by atoms with Crippen LogP contribution in [0, 0.1) is 10.1 Å². The molecule has 0 aliphatic heterocycles. The second-order valence-corrected chi connectivity index (χ2v) is 5.89. The summed E-state index contributed by atoms with van der Waals surface area (Å²) in [5.41, 5.74) is 1.37. The average molecular weight is 341 g/mol. The van der Waals surface area contributed by atoms with Crippen LogP contribution in [0.4, 0.5) is 11.4 Å². The average Bonchev–Trinajstić information content (AvgIpc) is 2.64. The highest BCUT2D eigenvalue weighted by Crippen LogP contribution is 2.23. The maximum absolute atomic E-state index is 12.7. The number of nitro groups is 1. The maximum Gasteiger partial charge on any atom is 0.292 e. The fourth-order valence-corrected chi connectivity index (χ4v) is 2.55. The fraction of sp³-hybridized carbons (Fsp3) is 0.316. The predicted octanol–water partition coefficient (Wildman–Crippen LogP) is 3.83. The number of hydrogen-bond acceptors (Lipinski definition) is 4. The number of nitrogens with one attached hydrogen (secondary N) is 1. The molecule has 1 atom stereocenters. The molecule has 0 heterocycles. The Bertz CT molecular complexity index is 719. The third-order valence-corrected chi connectivity index (χ3v) is 4.17. The monoisotopic (exact) mass is 341 g/mol. The summed E-state index contributed by atoms with van der Waals surface area (Å²) in [5.74, 6) is -0.0867. The van der Waals surface area contributed by atoms with Gasteiger partial charge in [0.05, 0.1) is 11.5 Å². The van der Waals surface area contributed by atoms with E-state index in [0.29, 0.717) is 12.2 Å². The number of para-hydroxylation sites is 2. The third kappa shape index (κ3) is 5.04. The summed E-state index contributed by atoms with van der Waals surface area (Å²) >= 11 is 0. The minimum Gasteiger partial charge on any atom is -0.371 e. The van der Waals surface area contributed by atoms with Crippen molar-refractivity contribution >= 4 is 17.3 Å². The van der Waals surface area contributed by atoms with Crippen LogP contribution in [0.3, 0.4) is 0 Å². The van der Waals surface area contributed by atoms with Crippen molar-refractivity contribution in [3.8, 4) is 0 Å². The standard InChI is InChI=1S/C19H23N3O3/c1-3-15(2)21(14-16-9-5-4-6-10-16)19(23)13-20-17-11-7-8-12-18(17)22(24)25/h4-12,15,20H,3,13-14H2,1-2H3. The summed E-state index contributed by atoms with van der Waals surface area (Å²) in [7, 11) is 0. The van der Waals surface area contributed by atoms with Crippen molar-refractivity contribution in [2.24, 2.45) is 0 Å². The van der Waals surface area contributed by atoms with Gasteiger partial charge < -0.3 is 10.2 Å². The Morgan fingerprint density at radius 3 is 2.44 bits per heavy atom. The van der Waals surface area contributed by atoms with Gasteiger partial charge in [-0.1, -0.05) is 49.4 Å². The second kappa shape index (κ2) is 8.82. The normalized spacial score (nSPS) is 11.6. The summed E-state index contributed by atoms with van der Waals surface area (Å²) in [6.07, 6.45) is 0.837. The number of carbonyl (C=O) groups is 1. The number of nitro benzene ring substituents is 1. The van der Waals surface area contributed by atoms with Gasteiger partial charge in [0.1, 0.15) is 5.69 Å². The Labute approximate surface area is 147 Å². The molecule has 25 heavy (non-hydrogen) atoms. The molecular weight excluding hydrogens is 318 g/mol. The van der Waals surface area contributed by atoms with Gasteiger partial charge in [0.25, 0.3) is 5.69 Å². The molecule has 2 aromatic rings. The molecule has 6 heteroatoms. The first-order valence-electron chi connectivity index (χ1n) is 8.33. The van der Waals surface area contributed by atoms with E-state index in [0.717, 1.165) is 12.0 Å². The molecule has 0 fully saturated rings. The number of anilines is 1. The van der Waals surface area contributed by atoms with E-state index in [1.165, 1.54) is 6.07 Å². The first kappa shape index (κ1) is 18.4. The van der Waals surface area contributed by atoms with Crippen molar-refractivity contribution < 1.29 is 9.72 Å². The number of benzene rings is 2. The quantitative estimate of drug-likeness (QED) is 0.585. The molecule has 2 rings (SSSR count). The van der Waals surface area contributed by atoms with Crippen molar-refractivity contribution in [1.29, 1.82) is 0 Å². The topological polar surface area (TPSA) is 75.5 Å². The van der Waals surface area contributed by atoms with Crippen LogP contribution in [0.1, 0.15) is 25.8 Å². The Hall–Kier alpha value is -2.89. The van der Waals surface area contributed by atoms with Crippen LogP contribution in [-0.2, 0) is 11.3 Å². The van der Waals surface area contributed by atoms with E-state index >= 15 is 0 Å². The van der Waals surface area contributed by atoms with Crippen molar-refractivity contribution in [2.75, 3.05) is 11.9 Å². The van der Waals surface area contributed by atoms with E-state index in [1.807, 2.05) is 44.2 Å². The van der Waals surface area contributed by atoms with Gasteiger partial charge in [-0.15, -0.1) is 0 Å². The van der Waals surface area contributed by atoms with E-state index in [-0.39, 0.29) is 24.2 Å². The molecule has 1 amide bonds. The van der Waals surface area contributed by atoms with Crippen molar-refractivity contribution in [2.45, 2.75) is 32.9 Å². The van der Waals surface area contributed by atoms with Crippen LogP contribution < -0.4 is 5.32 Å². The van der Waals surface area contributed by atoms with Gasteiger partial charge >= 0.3 is 0 Å². The highest BCUT2D eigenvalue weighted by atomic mass is 16.6. The number of hydrogen-bond donors (Lipinski definition) is 1. The van der Waals surface area contributed by atoms with Gasteiger partial charge in [0.2, 0.25) is 5.91 Å². The lowest BCUT2D eigenvalue weighted by Crippen LogP contribution is -2.41.